The largest absolute Gasteiger partial charge is 0.462 e. The highest BCUT2D eigenvalue weighted by Gasteiger charge is 2.35. The van der Waals surface area contributed by atoms with E-state index in [1.54, 1.807) is 0 Å². The van der Waals surface area contributed by atoms with Crippen LogP contribution in [0.25, 0.3) is 0 Å². The molecule has 0 bridgehead atoms. The third kappa shape index (κ3) is 18.4. The maximum Gasteiger partial charge on any atom is 0.306 e. The molecule has 0 fully saturated rings. The van der Waals surface area contributed by atoms with Gasteiger partial charge in [-0.3, -0.25) is 9.59 Å². The Morgan fingerprint density at radius 2 is 0.893 bits per heavy atom. The van der Waals surface area contributed by atoms with E-state index < -0.39 is 0 Å². The van der Waals surface area contributed by atoms with Crippen LogP contribution >= 0.6 is 0 Å². The first kappa shape index (κ1) is 48.2. The smallest absolute Gasteiger partial charge is 0.306 e. The molecule has 0 spiro atoms. The maximum absolute atomic E-state index is 12.3. The number of ether oxygens (including phenoxy) is 2. The van der Waals surface area contributed by atoms with Gasteiger partial charge in [-0.25, -0.2) is 0 Å². The molecule has 56 heavy (non-hydrogen) atoms. The Bertz CT molecular complexity index is 1530. The van der Waals surface area contributed by atoms with Crippen LogP contribution in [0.15, 0.2) is 130 Å². The molecule has 0 aromatic rings. The van der Waals surface area contributed by atoms with E-state index in [4.69, 9.17) is 9.47 Å². The van der Waals surface area contributed by atoms with Crippen molar-refractivity contribution in [1.29, 1.82) is 0 Å². The molecule has 4 nitrogen and oxygen atoms in total. The van der Waals surface area contributed by atoms with Gasteiger partial charge in [0.1, 0.15) is 12.2 Å². The van der Waals surface area contributed by atoms with E-state index in [0.29, 0.717) is 12.8 Å². The summed E-state index contributed by atoms with van der Waals surface area (Å²) < 4.78 is 11.7. The number of carbonyl (C=O) groups is 2. The minimum Gasteiger partial charge on any atom is -0.462 e. The number of esters is 2. The SMILES string of the molecule is CCCCCC(=O)O[C@@H]1CC(C)=C(/C=C/C(C)=C/C=C/C(C)=C/C=C/C=C(C)/C=C/C=C(C)/C=C/C2=C(C)C[C@@H](OC(=O)CCCCC)CC2(C)C)C(C)(C)C1. The Labute approximate surface area is 342 Å². The first-order chi connectivity index (χ1) is 26.5. The van der Waals surface area contributed by atoms with Crippen LogP contribution in [-0.4, -0.2) is 24.1 Å². The van der Waals surface area contributed by atoms with Gasteiger partial charge in [0.25, 0.3) is 0 Å². The Morgan fingerprint density at radius 1 is 0.554 bits per heavy atom. The summed E-state index contributed by atoms with van der Waals surface area (Å²) in [6, 6.07) is 0. The van der Waals surface area contributed by atoms with E-state index in [1.807, 2.05) is 0 Å². The van der Waals surface area contributed by atoms with Crippen molar-refractivity contribution >= 4 is 11.9 Å². The summed E-state index contributed by atoms with van der Waals surface area (Å²) in [5.74, 6) is -0.108. The second-order valence-electron chi connectivity index (χ2n) is 17.5. The molecule has 4 heteroatoms. The summed E-state index contributed by atoms with van der Waals surface area (Å²) >= 11 is 0. The van der Waals surface area contributed by atoms with Gasteiger partial charge in [0.2, 0.25) is 0 Å². The van der Waals surface area contributed by atoms with Gasteiger partial charge in [-0.2, -0.15) is 0 Å². The average Bonchev–Trinajstić information content (AvgIpc) is 3.09. The van der Waals surface area contributed by atoms with Gasteiger partial charge >= 0.3 is 11.9 Å². The van der Waals surface area contributed by atoms with Gasteiger partial charge in [0.05, 0.1) is 0 Å². The van der Waals surface area contributed by atoms with E-state index >= 15 is 0 Å². The lowest BCUT2D eigenvalue weighted by Gasteiger charge is -2.37. The molecule has 2 rings (SSSR count). The van der Waals surface area contributed by atoms with Gasteiger partial charge in [0.15, 0.2) is 0 Å². The fourth-order valence-corrected chi connectivity index (χ4v) is 7.76. The third-order valence-electron chi connectivity index (χ3n) is 10.8. The molecule has 0 aliphatic heterocycles. The number of hydrogen-bond acceptors (Lipinski definition) is 4. The fourth-order valence-electron chi connectivity index (χ4n) is 7.76. The van der Waals surface area contributed by atoms with Crippen molar-refractivity contribution in [1.82, 2.24) is 0 Å². The average molecular weight is 765 g/mol. The number of rotatable bonds is 20. The van der Waals surface area contributed by atoms with Crippen molar-refractivity contribution in [2.24, 2.45) is 10.8 Å². The van der Waals surface area contributed by atoms with E-state index in [-0.39, 0.29) is 35.0 Å². The molecule has 2 aliphatic carbocycles. The minimum absolute atomic E-state index is 0.0334. The fraction of sp³-hybridized carbons (Fsp3) is 0.538. The number of carbonyl (C=O) groups excluding carboxylic acids is 2. The van der Waals surface area contributed by atoms with E-state index in [9.17, 15) is 9.59 Å². The first-order valence-corrected chi connectivity index (χ1v) is 21.3. The summed E-state index contributed by atoms with van der Waals surface area (Å²) in [7, 11) is 0. The van der Waals surface area contributed by atoms with Crippen LogP contribution in [0, 0.1) is 10.8 Å². The summed E-state index contributed by atoms with van der Waals surface area (Å²) in [5, 5.41) is 0. The van der Waals surface area contributed by atoms with Crippen molar-refractivity contribution in [3.8, 4) is 0 Å². The van der Waals surface area contributed by atoms with Crippen LogP contribution in [0.2, 0.25) is 0 Å². The lowest BCUT2D eigenvalue weighted by atomic mass is 9.71. The van der Waals surface area contributed by atoms with Crippen LogP contribution in [0.1, 0.15) is 160 Å². The Hall–Kier alpha value is -3.92. The van der Waals surface area contributed by atoms with Gasteiger partial charge in [-0.15, -0.1) is 0 Å². The third-order valence-corrected chi connectivity index (χ3v) is 10.8. The highest BCUT2D eigenvalue weighted by Crippen LogP contribution is 2.43. The Balaban J connectivity index is 1.90. The minimum atomic E-state index is -0.0538. The highest BCUT2D eigenvalue weighted by molar-refractivity contribution is 5.70. The van der Waals surface area contributed by atoms with Crippen molar-refractivity contribution in [2.75, 3.05) is 0 Å². The molecule has 0 unspecified atom stereocenters. The van der Waals surface area contributed by atoms with E-state index in [1.165, 1.54) is 44.6 Å². The Kier molecular flexibility index (Phi) is 21.2. The van der Waals surface area contributed by atoms with Crippen LogP contribution in [0.5, 0.6) is 0 Å². The van der Waals surface area contributed by atoms with Crippen LogP contribution in [0.4, 0.5) is 0 Å². The zero-order chi connectivity index (χ0) is 41.7. The monoisotopic (exact) mass is 765 g/mol. The zero-order valence-corrected chi connectivity index (χ0v) is 37.4. The number of allylic oxidation sites excluding steroid dienone is 20. The summed E-state index contributed by atoms with van der Waals surface area (Å²) in [5.41, 5.74) is 9.92. The van der Waals surface area contributed by atoms with Gasteiger partial charge < -0.3 is 9.47 Å². The molecular formula is C52H76O4. The highest BCUT2D eigenvalue weighted by atomic mass is 16.5. The molecule has 2 aliphatic rings. The first-order valence-electron chi connectivity index (χ1n) is 21.3. The number of hydrogen-bond donors (Lipinski definition) is 0. The van der Waals surface area contributed by atoms with Crippen LogP contribution < -0.4 is 0 Å². The molecule has 0 aromatic carbocycles. The van der Waals surface area contributed by atoms with Gasteiger partial charge in [-0.05, 0) is 89.2 Å². The maximum atomic E-state index is 12.3. The predicted molar refractivity (Wildman–Crippen MR) is 240 cm³/mol. The number of unbranched alkanes of at least 4 members (excludes halogenated alkanes) is 4. The molecule has 0 amide bonds. The summed E-state index contributed by atoms with van der Waals surface area (Å²) in [4.78, 5) is 24.7. The van der Waals surface area contributed by atoms with Gasteiger partial charge in [0, 0.05) is 25.7 Å². The second kappa shape index (κ2) is 24.7. The van der Waals surface area contributed by atoms with Gasteiger partial charge in [-0.1, -0.05) is 186 Å². The summed E-state index contributed by atoms with van der Waals surface area (Å²) in [6.45, 7) is 26.1. The molecule has 0 aromatic heterocycles. The van der Waals surface area contributed by atoms with Crippen molar-refractivity contribution in [3.63, 3.8) is 0 Å². The molecular weight excluding hydrogens is 689 g/mol. The lowest BCUT2D eigenvalue weighted by Crippen LogP contribution is -2.31. The van der Waals surface area contributed by atoms with Crippen molar-refractivity contribution in [3.05, 3.63) is 130 Å². The van der Waals surface area contributed by atoms with Crippen molar-refractivity contribution < 1.29 is 19.1 Å². The molecule has 308 valence electrons. The topological polar surface area (TPSA) is 52.6 Å². The normalized spacial score (nSPS) is 21.5. The van der Waals surface area contributed by atoms with Crippen LogP contribution in [-0.2, 0) is 19.1 Å². The molecule has 0 N–H and O–H groups in total. The molecule has 0 saturated carbocycles. The Morgan fingerprint density at radius 3 is 1.23 bits per heavy atom. The van der Waals surface area contributed by atoms with E-state index in [2.05, 4.69) is 168 Å². The predicted octanol–water partition coefficient (Wildman–Crippen LogP) is 14.8. The molecule has 0 radical (unpaired) electrons. The molecule has 2 atom stereocenters. The lowest BCUT2D eigenvalue weighted by molar-refractivity contribution is -0.151. The summed E-state index contributed by atoms with van der Waals surface area (Å²) in [6.07, 6.45) is 40.5. The molecule has 0 heterocycles. The van der Waals surface area contributed by atoms with Crippen LogP contribution in [0.3, 0.4) is 0 Å². The second-order valence-corrected chi connectivity index (χ2v) is 17.5. The van der Waals surface area contributed by atoms with E-state index in [0.717, 1.165) is 64.2 Å². The molecule has 0 saturated heterocycles. The quantitative estimate of drug-likeness (QED) is 0.0704. The zero-order valence-electron chi connectivity index (χ0n) is 37.4. The van der Waals surface area contributed by atoms with Crippen molar-refractivity contribution in [2.45, 2.75) is 172 Å². The standard InChI is InChI=1S/C52H76O4/c1-13-15-17-29-49(53)55-45-35-43(7)47(51(9,10)37-45)33-31-41(5)27-21-25-39(3)23-19-20-24-40(4)26-22-28-42(6)32-34-48-44(8)36-46(38-52(48,11)12)56-50(54)30-18-16-14-2/h19-28,31-34,45-46H,13-18,29-30,35-38H2,1-12H3/b20-19+,25-21+,26-22+,33-31+,34-32+,39-23+,40-24+,41-27+,42-28+/t45-,46-/m1/s1.